The number of halogens is 1. The number of nitrogens with one attached hydrogen (secondary N) is 1. The van der Waals surface area contributed by atoms with E-state index in [0.717, 1.165) is 6.54 Å². The first-order valence-corrected chi connectivity index (χ1v) is 8.42. The summed E-state index contributed by atoms with van der Waals surface area (Å²) in [4.78, 5) is 5.17. The molecule has 1 aromatic carbocycles. The maximum Gasteiger partial charge on any atom is 0.0696 e. The second-order valence-corrected chi connectivity index (χ2v) is 6.27. The lowest BCUT2D eigenvalue weighted by atomic mass is 9.94. The Morgan fingerprint density at radius 2 is 1.77 bits per heavy atom. The Hall–Kier alpha value is -1.28. The normalized spacial score (nSPS) is 22.0. The van der Waals surface area contributed by atoms with Crippen LogP contribution in [0.4, 0.5) is 0 Å². The molecule has 2 aliphatic rings. The topological polar surface area (TPSA) is 24.4 Å². The highest BCUT2D eigenvalue weighted by Crippen LogP contribution is 2.24. The minimum absolute atomic E-state index is 0. The van der Waals surface area contributed by atoms with E-state index in [-0.39, 0.29) is 12.4 Å². The minimum Gasteiger partial charge on any atom is -0.388 e. The largest absolute Gasteiger partial charge is 0.388 e. The van der Waals surface area contributed by atoms with Crippen molar-refractivity contribution in [2.75, 3.05) is 6.54 Å². The minimum atomic E-state index is 0. The van der Waals surface area contributed by atoms with Crippen molar-refractivity contribution in [2.45, 2.75) is 57.9 Å². The van der Waals surface area contributed by atoms with Crippen molar-refractivity contribution < 1.29 is 0 Å². The predicted molar refractivity (Wildman–Crippen MR) is 97.0 cm³/mol. The average molecular weight is 319 g/mol. The zero-order valence-corrected chi connectivity index (χ0v) is 14.3. The number of rotatable bonds is 3. The Labute approximate surface area is 140 Å². The lowest BCUT2D eigenvalue weighted by molar-refractivity contribution is 0.443. The molecule has 1 saturated carbocycles. The van der Waals surface area contributed by atoms with Crippen LogP contribution in [0.25, 0.3) is 0 Å². The van der Waals surface area contributed by atoms with Crippen molar-refractivity contribution >= 4 is 18.1 Å². The highest BCUT2D eigenvalue weighted by Gasteiger charge is 2.18. The molecule has 0 amide bonds. The molecule has 3 rings (SSSR count). The maximum atomic E-state index is 5.17. The summed E-state index contributed by atoms with van der Waals surface area (Å²) < 4.78 is 0. The van der Waals surface area contributed by atoms with E-state index in [1.807, 2.05) is 0 Å². The molecule has 2 nitrogen and oxygen atoms in total. The van der Waals surface area contributed by atoms with Crippen LogP contribution >= 0.6 is 12.4 Å². The molecule has 1 saturated heterocycles. The van der Waals surface area contributed by atoms with Gasteiger partial charge in [0, 0.05) is 12.2 Å². The van der Waals surface area contributed by atoms with Gasteiger partial charge in [0.1, 0.15) is 0 Å². The summed E-state index contributed by atoms with van der Waals surface area (Å²) in [5, 5.41) is 3.54. The van der Waals surface area contributed by atoms with Crippen LogP contribution in [-0.2, 0) is 0 Å². The molecule has 1 aliphatic carbocycles. The molecule has 0 spiro atoms. The van der Waals surface area contributed by atoms with Gasteiger partial charge in [0.15, 0.2) is 0 Å². The number of nitrogens with zero attached hydrogens (tertiary/aromatic N) is 1. The summed E-state index contributed by atoms with van der Waals surface area (Å²) in [5.41, 5.74) is 5.23. The molecule has 22 heavy (non-hydrogen) atoms. The van der Waals surface area contributed by atoms with E-state index in [1.54, 1.807) is 0 Å². The van der Waals surface area contributed by atoms with Gasteiger partial charge < -0.3 is 5.32 Å². The van der Waals surface area contributed by atoms with E-state index in [0.29, 0.717) is 6.04 Å². The van der Waals surface area contributed by atoms with Crippen molar-refractivity contribution in [3.05, 3.63) is 47.2 Å². The van der Waals surface area contributed by atoms with Gasteiger partial charge in [-0.25, -0.2) is 0 Å². The standard InChI is InChI=1S/C19H26N2.ClH/c1-15(18-13-8-14-20-18)19(16-9-4-2-5-10-16)21-17-11-6-3-7-12-17;/h2,4-5,9-10,17,20H,3,6-8,11-14H2,1H3;1H/b18-15-,21-19-;. The van der Waals surface area contributed by atoms with Crippen LogP contribution in [0.1, 0.15) is 57.4 Å². The molecule has 0 radical (unpaired) electrons. The lowest BCUT2D eigenvalue weighted by Crippen LogP contribution is -2.17. The fourth-order valence-corrected chi connectivity index (χ4v) is 3.43. The molecule has 0 atom stereocenters. The molecule has 1 N–H and O–H groups in total. The number of hydrogen-bond acceptors (Lipinski definition) is 2. The third kappa shape index (κ3) is 4.13. The molecule has 1 aliphatic heterocycles. The van der Waals surface area contributed by atoms with Crippen LogP contribution in [0.2, 0.25) is 0 Å². The van der Waals surface area contributed by atoms with Crippen molar-refractivity contribution in [3.8, 4) is 0 Å². The molecule has 3 heteroatoms. The summed E-state index contributed by atoms with van der Waals surface area (Å²) in [7, 11) is 0. The maximum absolute atomic E-state index is 5.17. The van der Waals surface area contributed by atoms with Gasteiger partial charge in [-0.2, -0.15) is 0 Å². The fourth-order valence-electron chi connectivity index (χ4n) is 3.43. The highest BCUT2D eigenvalue weighted by atomic mass is 35.5. The van der Waals surface area contributed by atoms with Gasteiger partial charge in [-0.3, -0.25) is 4.99 Å². The highest BCUT2D eigenvalue weighted by molar-refractivity contribution is 6.12. The second-order valence-electron chi connectivity index (χ2n) is 6.27. The van der Waals surface area contributed by atoms with E-state index in [4.69, 9.17) is 4.99 Å². The molecular formula is C19H27ClN2. The molecule has 120 valence electrons. The Morgan fingerprint density at radius 3 is 2.41 bits per heavy atom. The van der Waals surface area contributed by atoms with Crippen molar-refractivity contribution in [1.82, 2.24) is 5.32 Å². The Balaban J connectivity index is 0.00000176. The van der Waals surface area contributed by atoms with Gasteiger partial charge in [-0.05, 0) is 43.7 Å². The third-order valence-corrected chi connectivity index (χ3v) is 4.68. The summed E-state index contributed by atoms with van der Waals surface area (Å²) in [6.07, 6.45) is 8.99. The third-order valence-electron chi connectivity index (χ3n) is 4.68. The van der Waals surface area contributed by atoms with Crippen LogP contribution in [0, 0.1) is 0 Å². The zero-order chi connectivity index (χ0) is 14.5. The number of allylic oxidation sites excluding steroid dienone is 2. The number of aliphatic imine (C=N–C) groups is 1. The Kier molecular flexibility index (Phi) is 6.50. The van der Waals surface area contributed by atoms with E-state index in [2.05, 4.69) is 42.6 Å². The van der Waals surface area contributed by atoms with Crippen LogP contribution in [0.15, 0.2) is 46.6 Å². The zero-order valence-electron chi connectivity index (χ0n) is 13.5. The first-order chi connectivity index (χ1) is 10.3. The van der Waals surface area contributed by atoms with Crippen LogP contribution in [0.5, 0.6) is 0 Å². The van der Waals surface area contributed by atoms with Gasteiger partial charge in [0.2, 0.25) is 0 Å². The van der Waals surface area contributed by atoms with Crippen LogP contribution in [-0.4, -0.2) is 18.3 Å². The monoisotopic (exact) mass is 318 g/mol. The van der Waals surface area contributed by atoms with Crippen LogP contribution < -0.4 is 5.32 Å². The van der Waals surface area contributed by atoms with Gasteiger partial charge in [0.25, 0.3) is 0 Å². The molecule has 1 heterocycles. The first kappa shape index (κ1) is 17.1. The molecule has 1 aromatic rings. The lowest BCUT2D eigenvalue weighted by Gasteiger charge is -2.20. The smallest absolute Gasteiger partial charge is 0.0696 e. The second kappa shape index (κ2) is 8.38. The number of benzene rings is 1. The predicted octanol–water partition coefficient (Wildman–Crippen LogP) is 4.89. The Bertz CT molecular complexity index is 520. The van der Waals surface area contributed by atoms with E-state index in [1.165, 1.54) is 67.5 Å². The van der Waals surface area contributed by atoms with Gasteiger partial charge in [-0.15, -0.1) is 12.4 Å². The summed E-state index contributed by atoms with van der Waals surface area (Å²) in [6.45, 7) is 3.35. The molecule has 0 aromatic heterocycles. The molecular weight excluding hydrogens is 292 g/mol. The van der Waals surface area contributed by atoms with E-state index >= 15 is 0 Å². The SMILES string of the molecule is CC(=C1\CCCN1)/C(=N/C1CCCCC1)c1ccccc1.Cl. The Morgan fingerprint density at radius 1 is 1.05 bits per heavy atom. The van der Waals surface area contributed by atoms with Gasteiger partial charge in [0.05, 0.1) is 11.8 Å². The van der Waals surface area contributed by atoms with Crippen LogP contribution in [0.3, 0.4) is 0 Å². The summed E-state index contributed by atoms with van der Waals surface area (Å²) >= 11 is 0. The number of hydrogen-bond donors (Lipinski definition) is 1. The van der Waals surface area contributed by atoms with Crippen molar-refractivity contribution in [2.24, 2.45) is 4.99 Å². The summed E-state index contributed by atoms with van der Waals surface area (Å²) in [6, 6.07) is 11.2. The van der Waals surface area contributed by atoms with Gasteiger partial charge in [-0.1, -0.05) is 49.6 Å². The quantitative estimate of drug-likeness (QED) is 0.789. The van der Waals surface area contributed by atoms with Crippen molar-refractivity contribution in [3.63, 3.8) is 0 Å². The van der Waals surface area contributed by atoms with Gasteiger partial charge >= 0.3 is 0 Å². The fraction of sp³-hybridized carbons (Fsp3) is 0.526. The summed E-state index contributed by atoms with van der Waals surface area (Å²) in [5.74, 6) is 0. The van der Waals surface area contributed by atoms with E-state index in [9.17, 15) is 0 Å². The first-order valence-electron chi connectivity index (χ1n) is 8.42. The van der Waals surface area contributed by atoms with E-state index < -0.39 is 0 Å². The van der Waals surface area contributed by atoms with Crippen molar-refractivity contribution in [1.29, 1.82) is 0 Å². The molecule has 0 unspecified atom stereocenters. The molecule has 0 bridgehead atoms. The average Bonchev–Trinajstić information content (AvgIpc) is 3.08. The molecule has 2 fully saturated rings.